The summed E-state index contributed by atoms with van der Waals surface area (Å²) in [6.07, 6.45) is 2.19. The summed E-state index contributed by atoms with van der Waals surface area (Å²) in [5.74, 6) is 1.05. The number of nitrogens with one attached hydrogen (secondary N) is 1. The standard InChI is InChI=1S/C12H27N3/c1-10(2)6-8-15(5)9-7-12(3,4)11(13)14/h10H,6-9H2,1-5H3,(H3,13,14). The van der Waals surface area contributed by atoms with E-state index >= 15 is 0 Å². The minimum Gasteiger partial charge on any atom is -0.387 e. The van der Waals surface area contributed by atoms with E-state index in [2.05, 4.69) is 25.8 Å². The van der Waals surface area contributed by atoms with Crippen LogP contribution in [0, 0.1) is 16.7 Å². The predicted molar refractivity (Wildman–Crippen MR) is 67.3 cm³/mol. The molecule has 0 spiro atoms. The van der Waals surface area contributed by atoms with E-state index in [-0.39, 0.29) is 5.41 Å². The highest BCUT2D eigenvalue weighted by atomic mass is 15.1. The van der Waals surface area contributed by atoms with E-state index in [1.54, 1.807) is 0 Å². The molecule has 0 atom stereocenters. The van der Waals surface area contributed by atoms with Gasteiger partial charge in [0.05, 0.1) is 5.84 Å². The van der Waals surface area contributed by atoms with Crippen LogP contribution < -0.4 is 5.73 Å². The first-order valence-corrected chi connectivity index (χ1v) is 5.78. The summed E-state index contributed by atoms with van der Waals surface area (Å²) in [5.41, 5.74) is 5.38. The van der Waals surface area contributed by atoms with Crippen molar-refractivity contribution in [1.29, 1.82) is 5.41 Å². The van der Waals surface area contributed by atoms with Crippen LogP contribution in [0.1, 0.15) is 40.5 Å². The zero-order valence-corrected chi connectivity index (χ0v) is 10.9. The summed E-state index contributed by atoms with van der Waals surface area (Å²) in [4.78, 5) is 2.32. The van der Waals surface area contributed by atoms with Crippen molar-refractivity contribution in [1.82, 2.24) is 4.90 Å². The fraction of sp³-hybridized carbons (Fsp3) is 0.917. The van der Waals surface area contributed by atoms with Crippen molar-refractivity contribution >= 4 is 5.84 Å². The molecule has 3 nitrogen and oxygen atoms in total. The van der Waals surface area contributed by atoms with Gasteiger partial charge in [0.2, 0.25) is 0 Å². The lowest BCUT2D eigenvalue weighted by Crippen LogP contribution is -2.35. The maximum absolute atomic E-state index is 7.47. The van der Waals surface area contributed by atoms with Crippen LogP contribution in [-0.4, -0.2) is 30.9 Å². The summed E-state index contributed by atoms with van der Waals surface area (Å²) >= 11 is 0. The molecule has 0 bridgehead atoms. The van der Waals surface area contributed by atoms with Crippen molar-refractivity contribution < 1.29 is 0 Å². The predicted octanol–water partition coefficient (Wildman–Crippen LogP) is 2.32. The zero-order chi connectivity index (χ0) is 12.1. The number of nitrogens with zero attached hydrogens (tertiary/aromatic N) is 1. The average molecular weight is 213 g/mol. The van der Waals surface area contributed by atoms with Gasteiger partial charge in [-0.1, -0.05) is 27.7 Å². The van der Waals surface area contributed by atoms with Crippen LogP contribution in [0.4, 0.5) is 0 Å². The third-order valence-corrected chi connectivity index (χ3v) is 2.94. The molecule has 0 aromatic rings. The molecular weight excluding hydrogens is 186 g/mol. The highest BCUT2D eigenvalue weighted by molar-refractivity contribution is 5.82. The Morgan fingerprint density at radius 1 is 1.33 bits per heavy atom. The Morgan fingerprint density at radius 3 is 2.27 bits per heavy atom. The Bertz CT molecular complexity index is 197. The first-order valence-electron chi connectivity index (χ1n) is 5.78. The number of hydrogen-bond donors (Lipinski definition) is 2. The van der Waals surface area contributed by atoms with Crippen LogP contribution in [0.5, 0.6) is 0 Å². The van der Waals surface area contributed by atoms with E-state index in [1.165, 1.54) is 6.42 Å². The molecule has 0 aromatic carbocycles. The van der Waals surface area contributed by atoms with Gasteiger partial charge in [-0.2, -0.15) is 0 Å². The van der Waals surface area contributed by atoms with Gasteiger partial charge in [0.15, 0.2) is 0 Å². The Kier molecular flexibility index (Phi) is 5.88. The van der Waals surface area contributed by atoms with Gasteiger partial charge in [-0.15, -0.1) is 0 Å². The molecule has 15 heavy (non-hydrogen) atoms. The first-order chi connectivity index (χ1) is 6.75. The largest absolute Gasteiger partial charge is 0.387 e. The summed E-state index contributed by atoms with van der Waals surface area (Å²) in [5, 5.41) is 7.47. The molecule has 0 aliphatic carbocycles. The van der Waals surface area contributed by atoms with E-state index in [0.717, 1.165) is 25.4 Å². The van der Waals surface area contributed by atoms with Crippen molar-refractivity contribution in [3.8, 4) is 0 Å². The monoisotopic (exact) mass is 213 g/mol. The van der Waals surface area contributed by atoms with E-state index in [1.807, 2.05) is 13.8 Å². The van der Waals surface area contributed by atoms with Gasteiger partial charge in [-0.25, -0.2) is 0 Å². The quantitative estimate of drug-likeness (QED) is 0.504. The average Bonchev–Trinajstić information content (AvgIpc) is 2.11. The molecule has 0 amide bonds. The molecule has 0 aliphatic heterocycles. The fourth-order valence-corrected chi connectivity index (χ4v) is 1.20. The maximum atomic E-state index is 7.47. The molecule has 0 aromatic heterocycles. The molecule has 0 heterocycles. The van der Waals surface area contributed by atoms with Crippen molar-refractivity contribution in [2.75, 3.05) is 20.1 Å². The molecule has 0 unspecified atom stereocenters. The molecule has 0 aliphatic rings. The van der Waals surface area contributed by atoms with E-state index in [0.29, 0.717) is 5.84 Å². The number of nitrogens with two attached hydrogens (primary N) is 1. The molecule has 0 rings (SSSR count). The summed E-state index contributed by atoms with van der Waals surface area (Å²) < 4.78 is 0. The van der Waals surface area contributed by atoms with Crippen LogP contribution in [0.25, 0.3) is 0 Å². The molecule has 0 fully saturated rings. The van der Waals surface area contributed by atoms with Gasteiger partial charge in [0.25, 0.3) is 0 Å². The number of hydrogen-bond acceptors (Lipinski definition) is 2. The van der Waals surface area contributed by atoms with Crippen molar-refractivity contribution in [2.24, 2.45) is 17.1 Å². The van der Waals surface area contributed by atoms with E-state index in [9.17, 15) is 0 Å². The summed E-state index contributed by atoms with van der Waals surface area (Å²) in [7, 11) is 2.14. The molecule has 0 radical (unpaired) electrons. The third kappa shape index (κ3) is 6.50. The highest BCUT2D eigenvalue weighted by Crippen LogP contribution is 2.19. The van der Waals surface area contributed by atoms with Gasteiger partial charge in [-0.05, 0) is 38.9 Å². The molecule has 90 valence electrons. The highest BCUT2D eigenvalue weighted by Gasteiger charge is 2.21. The lowest BCUT2D eigenvalue weighted by Gasteiger charge is -2.26. The van der Waals surface area contributed by atoms with Crippen LogP contribution in [0.15, 0.2) is 0 Å². The Morgan fingerprint density at radius 2 is 1.87 bits per heavy atom. The molecule has 0 saturated heterocycles. The minimum atomic E-state index is -0.161. The van der Waals surface area contributed by atoms with E-state index in [4.69, 9.17) is 11.1 Å². The van der Waals surface area contributed by atoms with Crippen LogP contribution in [0.3, 0.4) is 0 Å². The Hall–Kier alpha value is -0.570. The van der Waals surface area contributed by atoms with Gasteiger partial charge in [-0.3, -0.25) is 5.41 Å². The summed E-state index contributed by atoms with van der Waals surface area (Å²) in [6, 6.07) is 0. The normalized spacial score (nSPS) is 12.5. The van der Waals surface area contributed by atoms with Gasteiger partial charge in [0, 0.05) is 5.41 Å². The maximum Gasteiger partial charge on any atom is 0.0963 e. The number of amidine groups is 1. The topological polar surface area (TPSA) is 53.1 Å². The Balaban J connectivity index is 3.80. The van der Waals surface area contributed by atoms with Gasteiger partial charge >= 0.3 is 0 Å². The fourth-order valence-electron chi connectivity index (χ4n) is 1.20. The van der Waals surface area contributed by atoms with Crippen LogP contribution >= 0.6 is 0 Å². The lowest BCUT2D eigenvalue weighted by molar-refractivity contribution is 0.276. The van der Waals surface area contributed by atoms with Gasteiger partial charge < -0.3 is 10.6 Å². The van der Waals surface area contributed by atoms with Crippen molar-refractivity contribution in [2.45, 2.75) is 40.5 Å². The minimum absolute atomic E-state index is 0.161. The second kappa shape index (κ2) is 6.11. The molecular formula is C12H27N3. The second-order valence-electron chi connectivity index (χ2n) is 5.53. The van der Waals surface area contributed by atoms with E-state index < -0.39 is 0 Å². The third-order valence-electron chi connectivity index (χ3n) is 2.94. The Labute approximate surface area is 94.5 Å². The van der Waals surface area contributed by atoms with Crippen molar-refractivity contribution in [3.63, 3.8) is 0 Å². The molecule has 3 heteroatoms. The van der Waals surface area contributed by atoms with Crippen LogP contribution in [0.2, 0.25) is 0 Å². The SMILES string of the molecule is CC(C)CCN(C)CCC(C)(C)C(=N)N. The second-order valence-corrected chi connectivity index (χ2v) is 5.53. The summed E-state index contributed by atoms with van der Waals surface area (Å²) in [6.45, 7) is 10.7. The van der Waals surface area contributed by atoms with Gasteiger partial charge in [0.1, 0.15) is 0 Å². The lowest BCUT2D eigenvalue weighted by atomic mass is 9.88. The number of rotatable bonds is 7. The zero-order valence-electron chi connectivity index (χ0n) is 10.9. The molecule has 3 N–H and O–H groups in total. The van der Waals surface area contributed by atoms with Crippen LogP contribution in [-0.2, 0) is 0 Å². The smallest absolute Gasteiger partial charge is 0.0963 e. The van der Waals surface area contributed by atoms with Crippen molar-refractivity contribution in [3.05, 3.63) is 0 Å². The molecule has 0 saturated carbocycles. The first kappa shape index (κ1) is 14.4.